The summed E-state index contributed by atoms with van der Waals surface area (Å²) in [5.74, 6) is 0.0465. The normalized spacial score (nSPS) is 21.0. The molecule has 2 amide bonds. The topological polar surface area (TPSA) is 95.4 Å². The Morgan fingerprint density at radius 2 is 1.85 bits per heavy atom. The average Bonchev–Trinajstić information content (AvgIpc) is 3.32. The Morgan fingerprint density at radius 3 is 2.49 bits per heavy atom. The minimum absolute atomic E-state index is 0.0124. The van der Waals surface area contributed by atoms with Crippen LogP contribution in [-0.4, -0.2) is 94.4 Å². The summed E-state index contributed by atoms with van der Waals surface area (Å²) in [6.07, 6.45) is 3.28. The smallest absolute Gasteiger partial charge is 0.335 e. The second-order valence-corrected chi connectivity index (χ2v) is 11.3. The number of carbonyl (C=O) groups is 2. The van der Waals surface area contributed by atoms with E-state index in [1.165, 1.54) is 6.07 Å². The van der Waals surface area contributed by atoms with E-state index in [1.54, 1.807) is 19.1 Å². The lowest BCUT2D eigenvalue weighted by molar-refractivity contribution is 0.0493. The molecule has 5 rings (SSSR count). The second-order valence-electron chi connectivity index (χ2n) is 11.3. The number of aryl methyl sites for hydroxylation is 2. The number of aromatic carboxylic acids is 1. The number of halogens is 1. The van der Waals surface area contributed by atoms with Gasteiger partial charge in [0.15, 0.2) is 0 Å². The van der Waals surface area contributed by atoms with Crippen molar-refractivity contribution in [2.24, 2.45) is 0 Å². The quantitative estimate of drug-likeness (QED) is 0.429. The number of nitrogens with zero attached hydrogens (tertiary/aromatic N) is 4. The molecule has 4 heterocycles. The van der Waals surface area contributed by atoms with Crippen molar-refractivity contribution in [2.75, 3.05) is 39.5 Å². The molecule has 0 saturated carbocycles. The number of likely N-dealkylation sites (tertiary alicyclic amines) is 1. The fourth-order valence-corrected chi connectivity index (χ4v) is 6.16. The van der Waals surface area contributed by atoms with Gasteiger partial charge in [-0.1, -0.05) is 12.6 Å². The molecule has 3 fully saturated rings. The third kappa shape index (κ3) is 6.38. The summed E-state index contributed by atoms with van der Waals surface area (Å²) in [4.78, 5) is 35.6. The van der Waals surface area contributed by atoms with E-state index >= 15 is 0 Å². The molecule has 1 atom stereocenters. The van der Waals surface area contributed by atoms with E-state index in [1.807, 2.05) is 28.9 Å². The van der Waals surface area contributed by atoms with Gasteiger partial charge in [0.05, 0.1) is 11.6 Å². The van der Waals surface area contributed by atoms with Gasteiger partial charge in [-0.05, 0) is 74.4 Å². The highest BCUT2D eigenvalue weighted by atomic mass is 19.1. The molecule has 10 heteroatoms. The number of aromatic nitrogens is 1. The van der Waals surface area contributed by atoms with Gasteiger partial charge in [0.1, 0.15) is 12.4 Å². The van der Waals surface area contributed by atoms with Crippen molar-refractivity contribution in [3.8, 4) is 11.6 Å². The van der Waals surface area contributed by atoms with Crippen LogP contribution in [0.1, 0.15) is 52.9 Å². The number of urea groups is 1. The number of ether oxygens (including phenoxy) is 2. The van der Waals surface area contributed by atoms with Crippen LogP contribution in [0.15, 0.2) is 42.5 Å². The fourth-order valence-electron chi connectivity index (χ4n) is 6.16. The van der Waals surface area contributed by atoms with Gasteiger partial charge in [0, 0.05) is 63.2 Å². The maximum absolute atomic E-state index is 13.7. The zero-order valence-corrected chi connectivity index (χ0v) is 23.9. The SMILES string of the molecule is C=C(CF)C1CN(C2CCOCC2)C(=O)N1C1CCN(Cc2ccc(Oc3ccc(C(=O)O)cc3C)nc2C)CC1. The first-order valence-electron chi connectivity index (χ1n) is 14.4. The van der Waals surface area contributed by atoms with Crippen molar-refractivity contribution in [3.05, 3.63) is 64.9 Å². The Hall–Kier alpha value is -3.50. The number of amides is 2. The van der Waals surface area contributed by atoms with Crippen LogP contribution in [0.2, 0.25) is 0 Å². The van der Waals surface area contributed by atoms with Crippen LogP contribution < -0.4 is 4.74 Å². The molecule has 1 aromatic carbocycles. The predicted molar refractivity (Wildman–Crippen MR) is 152 cm³/mol. The monoisotopic (exact) mass is 566 g/mol. The standard InChI is InChI=1S/C31H39FN4O5/c1-20-16-23(30(37)38)4-6-28(20)41-29-7-5-24(22(3)33-29)18-34-12-8-26(9-13-34)36-27(21(2)17-32)19-35(31(36)39)25-10-14-40-15-11-25/h4-7,16,25-27H,2,8-15,17-19H2,1,3H3,(H,37,38). The molecular weight excluding hydrogens is 527 g/mol. The van der Waals surface area contributed by atoms with Gasteiger partial charge in [0.2, 0.25) is 5.88 Å². The second kappa shape index (κ2) is 12.6. The average molecular weight is 567 g/mol. The number of piperidine rings is 1. The number of pyridine rings is 1. The van der Waals surface area contributed by atoms with E-state index in [0.717, 1.165) is 62.1 Å². The Labute approximate surface area is 240 Å². The van der Waals surface area contributed by atoms with Crippen LogP contribution in [0.3, 0.4) is 0 Å². The molecule has 41 heavy (non-hydrogen) atoms. The van der Waals surface area contributed by atoms with E-state index in [2.05, 4.69) is 16.5 Å². The summed E-state index contributed by atoms with van der Waals surface area (Å²) in [6, 6.07) is 8.53. The molecule has 3 aliphatic heterocycles. The number of alkyl halides is 1. The molecule has 0 aliphatic carbocycles. The Bertz CT molecular complexity index is 1290. The van der Waals surface area contributed by atoms with Crippen LogP contribution in [0.25, 0.3) is 0 Å². The Kier molecular flexibility index (Phi) is 8.89. The number of carboxylic acids is 1. The highest BCUT2D eigenvalue weighted by Crippen LogP contribution is 2.32. The van der Waals surface area contributed by atoms with Crippen molar-refractivity contribution in [3.63, 3.8) is 0 Å². The first kappa shape index (κ1) is 29.0. The maximum Gasteiger partial charge on any atom is 0.335 e. The molecule has 0 radical (unpaired) electrons. The maximum atomic E-state index is 13.7. The molecule has 0 bridgehead atoms. The third-order valence-electron chi connectivity index (χ3n) is 8.60. The minimum atomic E-state index is -0.976. The number of hydrogen-bond acceptors (Lipinski definition) is 6. The Balaban J connectivity index is 1.19. The van der Waals surface area contributed by atoms with E-state index in [-0.39, 0.29) is 29.7 Å². The summed E-state index contributed by atoms with van der Waals surface area (Å²) < 4.78 is 25.1. The molecule has 1 N–H and O–H groups in total. The van der Waals surface area contributed by atoms with Crippen LogP contribution >= 0.6 is 0 Å². The molecule has 2 aromatic rings. The van der Waals surface area contributed by atoms with E-state index in [4.69, 9.17) is 9.47 Å². The van der Waals surface area contributed by atoms with Gasteiger partial charge in [-0.15, -0.1) is 0 Å². The minimum Gasteiger partial charge on any atom is -0.478 e. The van der Waals surface area contributed by atoms with E-state index < -0.39 is 12.6 Å². The lowest BCUT2D eigenvalue weighted by atomic mass is 9.99. The van der Waals surface area contributed by atoms with Gasteiger partial charge in [-0.2, -0.15) is 0 Å². The molecule has 9 nitrogen and oxygen atoms in total. The fraction of sp³-hybridized carbons (Fsp3) is 0.516. The molecule has 1 unspecified atom stereocenters. The largest absolute Gasteiger partial charge is 0.478 e. The highest BCUT2D eigenvalue weighted by molar-refractivity contribution is 5.88. The summed E-state index contributed by atoms with van der Waals surface area (Å²) in [5, 5.41) is 9.18. The van der Waals surface area contributed by atoms with Crippen molar-refractivity contribution in [1.82, 2.24) is 19.7 Å². The van der Waals surface area contributed by atoms with Crippen molar-refractivity contribution < 1.29 is 28.6 Å². The zero-order chi connectivity index (χ0) is 29.1. The Morgan fingerprint density at radius 1 is 1.12 bits per heavy atom. The molecule has 0 spiro atoms. The summed E-state index contributed by atoms with van der Waals surface area (Å²) in [6.45, 7) is 11.3. The van der Waals surface area contributed by atoms with Gasteiger partial charge < -0.3 is 24.4 Å². The summed E-state index contributed by atoms with van der Waals surface area (Å²) >= 11 is 0. The van der Waals surface area contributed by atoms with Crippen molar-refractivity contribution in [2.45, 2.75) is 64.2 Å². The number of rotatable bonds is 9. The molecular formula is C31H39FN4O5. The molecule has 3 aliphatic rings. The summed E-state index contributed by atoms with van der Waals surface area (Å²) in [7, 11) is 0. The highest BCUT2D eigenvalue weighted by Gasteiger charge is 2.45. The number of benzene rings is 1. The first-order valence-corrected chi connectivity index (χ1v) is 14.4. The first-order chi connectivity index (χ1) is 19.7. The zero-order valence-electron chi connectivity index (χ0n) is 23.9. The van der Waals surface area contributed by atoms with Crippen molar-refractivity contribution in [1.29, 1.82) is 0 Å². The van der Waals surface area contributed by atoms with Gasteiger partial charge in [0.25, 0.3) is 0 Å². The number of carbonyl (C=O) groups excluding carboxylic acids is 1. The lowest BCUT2D eigenvalue weighted by Gasteiger charge is -2.39. The predicted octanol–water partition coefficient (Wildman–Crippen LogP) is 4.96. The van der Waals surface area contributed by atoms with Crippen molar-refractivity contribution >= 4 is 12.0 Å². The molecule has 1 aromatic heterocycles. The lowest BCUT2D eigenvalue weighted by Crippen LogP contribution is -2.50. The van der Waals surface area contributed by atoms with Crippen LogP contribution in [0, 0.1) is 13.8 Å². The molecule has 3 saturated heterocycles. The van der Waals surface area contributed by atoms with Crippen LogP contribution in [0.4, 0.5) is 9.18 Å². The van der Waals surface area contributed by atoms with E-state index in [9.17, 15) is 19.1 Å². The van der Waals surface area contributed by atoms with Gasteiger partial charge in [-0.3, -0.25) is 4.90 Å². The summed E-state index contributed by atoms with van der Waals surface area (Å²) in [5.41, 5.74) is 3.38. The number of carboxylic acid groups (broad SMARTS) is 1. The van der Waals surface area contributed by atoms with Gasteiger partial charge in [-0.25, -0.2) is 19.0 Å². The van der Waals surface area contributed by atoms with Crippen LogP contribution in [-0.2, 0) is 11.3 Å². The van der Waals surface area contributed by atoms with Gasteiger partial charge >= 0.3 is 12.0 Å². The molecule has 220 valence electrons. The number of hydrogen-bond donors (Lipinski definition) is 1. The van der Waals surface area contributed by atoms with E-state index in [0.29, 0.717) is 37.0 Å². The van der Waals surface area contributed by atoms with Crippen LogP contribution in [0.5, 0.6) is 11.6 Å². The third-order valence-corrected chi connectivity index (χ3v) is 8.60.